The van der Waals surface area contributed by atoms with Crippen molar-refractivity contribution in [2.45, 2.75) is 23.3 Å². The molecule has 25 heavy (non-hydrogen) atoms. The molecule has 3 N–H and O–H groups in total. The highest BCUT2D eigenvalue weighted by molar-refractivity contribution is 8.00. The highest BCUT2D eigenvalue weighted by Crippen LogP contribution is 2.49. The fourth-order valence-corrected chi connectivity index (χ4v) is 3.97. The van der Waals surface area contributed by atoms with Gasteiger partial charge in [0.1, 0.15) is 29.2 Å². The monoisotopic (exact) mass is 377 g/mol. The van der Waals surface area contributed by atoms with E-state index >= 15 is 0 Å². The number of halogens is 4. The first-order valence-electron chi connectivity index (χ1n) is 7.21. The Morgan fingerprint density at radius 2 is 1.84 bits per heavy atom. The average Bonchev–Trinajstić information content (AvgIpc) is 2.68. The highest BCUT2D eigenvalue weighted by Gasteiger charge is 2.50. The SMILES string of the molecule is C[SH](N)(=O)c1ccc(Oc2cc(F)cc(F)c2)c2c1[C@H](O)C(F)(F)C2. The summed E-state index contributed by atoms with van der Waals surface area (Å²) in [5.41, 5.74) is -0.347. The average molecular weight is 377 g/mol. The summed E-state index contributed by atoms with van der Waals surface area (Å²) in [5.74, 6) is -5.64. The van der Waals surface area contributed by atoms with Crippen LogP contribution in [-0.4, -0.2) is 21.5 Å². The predicted molar refractivity (Wildman–Crippen MR) is 84.4 cm³/mol. The van der Waals surface area contributed by atoms with Gasteiger partial charge in [-0.05, 0) is 22.3 Å². The van der Waals surface area contributed by atoms with Crippen molar-refractivity contribution in [3.63, 3.8) is 0 Å². The summed E-state index contributed by atoms with van der Waals surface area (Å²) in [4.78, 5) is -0.0788. The van der Waals surface area contributed by atoms with E-state index in [9.17, 15) is 26.9 Å². The maximum atomic E-state index is 14.0. The molecule has 0 saturated heterocycles. The molecule has 0 spiro atoms. The Morgan fingerprint density at radius 1 is 1.24 bits per heavy atom. The summed E-state index contributed by atoms with van der Waals surface area (Å²) in [6.07, 6.45) is -1.87. The number of benzene rings is 2. The molecule has 1 atom stereocenters. The molecule has 0 amide bonds. The number of thiol groups is 1. The van der Waals surface area contributed by atoms with Gasteiger partial charge in [0.05, 0.1) is 0 Å². The topological polar surface area (TPSA) is 72.6 Å². The minimum absolute atomic E-state index is 0.0788. The molecule has 1 aliphatic rings. The van der Waals surface area contributed by atoms with Gasteiger partial charge >= 0.3 is 0 Å². The summed E-state index contributed by atoms with van der Waals surface area (Å²) >= 11 is 0. The van der Waals surface area contributed by atoms with Crippen molar-refractivity contribution in [1.29, 1.82) is 0 Å². The second-order valence-corrected chi connectivity index (χ2v) is 8.47. The Morgan fingerprint density at radius 3 is 2.40 bits per heavy atom. The van der Waals surface area contributed by atoms with Crippen LogP contribution < -0.4 is 9.88 Å². The molecule has 4 nitrogen and oxygen atoms in total. The molecule has 2 aromatic rings. The van der Waals surface area contributed by atoms with E-state index in [1.807, 2.05) is 0 Å². The van der Waals surface area contributed by atoms with Crippen LogP contribution in [0.25, 0.3) is 0 Å². The lowest BCUT2D eigenvalue weighted by molar-refractivity contribution is -0.0976. The lowest BCUT2D eigenvalue weighted by Crippen LogP contribution is -2.26. The summed E-state index contributed by atoms with van der Waals surface area (Å²) in [5, 5.41) is 15.5. The molecule has 1 aliphatic carbocycles. The number of hydrogen-bond acceptors (Lipinski definition) is 3. The Kier molecular flexibility index (Phi) is 4.13. The summed E-state index contributed by atoms with van der Waals surface area (Å²) < 4.78 is 72.0. The molecular formula is C16H15F4NO3S. The van der Waals surface area contributed by atoms with Crippen molar-refractivity contribution in [3.8, 4) is 11.5 Å². The van der Waals surface area contributed by atoms with Crippen molar-refractivity contribution >= 4 is 10.1 Å². The largest absolute Gasteiger partial charge is 0.457 e. The van der Waals surface area contributed by atoms with Gasteiger partial charge in [-0.1, -0.05) is 0 Å². The van der Waals surface area contributed by atoms with E-state index in [-0.39, 0.29) is 27.5 Å². The normalized spacial score (nSPS) is 19.6. The number of aliphatic hydroxyl groups is 1. The number of ether oxygens (including phenoxy) is 1. The summed E-state index contributed by atoms with van der Waals surface area (Å²) in [6, 6.07) is 4.88. The van der Waals surface area contributed by atoms with Gasteiger partial charge in [-0.15, -0.1) is 0 Å². The van der Waals surface area contributed by atoms with Crippen LogP contribution in [0.4, 0.5) is 17.6 Å². The fraction of sp³-hybridized carbons (Fsp3) is 0.250. The first-order valence-corrected chi connectivity index (χ1v) is 9.43. The van der Waals surface area contributed by atoms with Gasteiger partial charge in [0.2, 0.25) is 0 Å². The smallest absolute Gasteiger partial charge is 0.281 e. The molecular weight excluding hydrogens is 362 g/mol. The fourth-order valence-electron chi connectivity index (χ4n) is 2.86. The van der Waals surface area contributed by atoms with Gasteiger partial charge in [-0.2, -0.15) is 0 Å². The van der Waals surface area contributed by atoms with Gasteiger partial charge in [0, 0.05) is 46.9 Å². The molecule has 9 heteroatoms. The van der Waals surface area contributed by atoms with Crippen molar-refractivity contribution in [2.24, 2.45) is 5.14 Å². The van der Waals surface area contributed by atoms with Gasteiger partial charge < -0.3 is 9.84 Å². The summed E-state index contributed by atoms with van der Waals surface area (Å²) in [6.45, 7) is 0. The molecule has 0 unspecified atom stereocenters. The van der Waals surface area contributed by atoms with E-state index in [0.29, 0.717) is 6.07 Å². The van der Waals surface area contributed by atoms with Gasteiger partial charge in [0.15, 0.2) is 0 Å². The zero-order chi connectivity index (χ0) is 18.6. The minimum Gasteiger partial charge on any atom is -0.457 e. The quantitative estimate of drug-likeness (QED) is 0.569. The van der Waals surface area contributed by atoms with E-state index in [4.69, 9.17) is 9.88 Å². The van der Waals surface area contributed by atoms with Crippen molar-refractivity contribution in [1.82, 2.24) is 0 Å². The van der Waals surface area contributed by atoms with Crippen LogP contribution in [0.2, 0.25) is 0 Å². The molecule has 0 aliphatic heterocycles. The second-order valence-electron chi connectivity index (χ2n) is 6.01. The molecule has 0 radical (unpaired) electrons. The number of alkyl halides is 2. The highest BCUT2D eigenvalue weighted by atomic mass is 32.3. The lowest BCUT2D eigenvalue weighted by Gasteiger charge is -2.21. The van der Waals surface area contributed by atoms with Gasteiger partial charge in [-0.25, -0.2) is 17.6 Å². The number of aliphatic hydroxyl groups excluding tert-OH is 1. The van der Waals surface area contributed by atoms with Crippen molar-refractivity contribution in [3.05, 3.63) is 53.1 Å². The zero-order valence-corrected chi connectivity index (χ0v) is 13.9. The Balaban J connectivity index is 2.13. The molecule has 3 rings (SSSR count). The molecule has 0 bridgehead atoms. The van der Waals surface area contributed by atoms with Crippen LogP contribution >= 0.6 is 0 Å². The Labute approximate surface area is 141 Å². The molecule has 0 heterocycles. The Hall–Kier alpha value is -1.97. The molecule has 136 valence electrons. The number of nitrogens with two attached hydrogens (primary N) is 1. The third-order valence-electron chi connectivity index (χ3n) is 3.92. The molecule has 0 aromatic heterocycles. The third-order valence-corrected chi connectivity index (χ3v) is 5.27. The van der Waals surface area contributed by atoms with E-state index < -0.39 is 40.2 Å². The van der Waals surface area contributed by atoms with Crippen LogP contribution in [0.5, 0.6) is 11.5 Å². The van der Waals surface area contributed by atoms with Crippen molar-refractivity contribution < 1.29 is 31.6 Å². The van der Waals surface area contributed by atoms with E-state index in [0.717, 1.165) is 12.1 Å². The number of hydrogen-bond donors (Lipinski definition) is 3. The maximum Gasteiger partial charge on any atom is 0.281 e. The van der Waals surface area contributed by atoms with E-state index in [1.165, 1.54) is 18.4 Å². The van der Waals surface area contributed by atoms with Crippen LogP contribution in [0.1, 0.15) is 17.2 Å². The maximum absolute atomic E-state index is 14.0. The standard InChI is InChI=1S/C16H15F4NO3S/c1-25(21,23)13-3-2-12(11-7-16(19,20)15(22)14(11)13)24-10-5-8(17)4-9(18)6-10/h2-6,15,22,25H,7H2,1H3,(H2,21,23)/t15-/m0/s1. The predicted octanol–water partition coefficient (Wildman–Crippen LogP) is 2.86. The van der Waals surface area contributed by atoms with Crippen LogP contribution in [-0.2, 0) is 16.5 Å². The van der Waals surface area contributed by atoms with Crippen LogP contribution in [0.3, 0.4) is 0 Å². The van der Waals surface area contributed by atoms with E-state index in [1.54, 1.807) is 0 Å². The lowest BCUT2D eigenvalue weighted by atomic mass is 10.1. The zero-order valence-electron chi connectivity index (χ0n) is 13.0. The molecule has 0 saturated carbocycles. The van der Waals surface area contributed by atoms with Crippen LogP contribution in [0, 0.1) is 11.6 Å². The van der Waals surface area contributed by atoms with Gasteiger partial charge in [-0.3, -0.25) is 9.35 Å². The Bertz CT molecular complexity index is 877. The number of fused-ring (bicyclic) bond motifs is 1. The number of rotatable bonds is 3. The van der Waals surface area contributed by atoms with Gasteiger partial charge in [0.25, 0.3) is 5.92 Å². The van der Waals surface area contributed by atoms with E-state index in [2.05, 4.69) is 0 Å². The first-order chi connectivity index (χ1) is 11.5. The molecule has 2 aromatic carbocycles. The molecule has 0 fully saturated rings. The third kappa shape index (κ3) is 3.26. The summed E-state index contributed by atoms with van der Waals surface area (Å²) in [7, 11) is -3.44. The van der Waals surface area contributed by atoms with Crippen LogP contribution in [0.15, 0.2) is 35.2 Å². The first kappa shape index (κ1) is 17.8. The minimum atomic E-state index is -3.50. The second kappa shape index (κ2) is 5.79. The van der Waals surface area contributed by atoms with Crippen molar-refractivity contribution in [2.75, 3.05) is 6.26 Å².